The lowest BCUT2D eigenvalue weighted by molar-refractivity contribution is 0.640. The molecule has 1 atom stereocenters. The number of aromatic nitrogens is 5. The zero-order valence-electron chi connectivity index (χ0n) is 17.9. The standard InChI is InChI=1S/C24H18Cl2N6O2/c1-13(30-22-20-18(33)9-10-27-21(20)28-12-29-22)23-31-17-8-4-7-16(26)19(17)24(34)32(23)11-14-5-2-3-6-15(14)25/h2-10,12-13H,11H2,1H3,(H2,27,28,29,30,33). The largest absolute Gasteiger partial charge is 0.360 e. The fourth-order valence-electron chi connectivity index (χ4n) is 3.91. The molecule has 0 bridgehead atoms. The average Bonchev–Trinajstić information content (AvgIpc) is 2.82. The monoisotopic (exact) mass is 492 g/mol. The molecule has 0 aliphatic heterocycles. The van der Waals surface area contributed by atoms with Crippen LogP contribution in [-0.4, -0.2) is 24.5 Å². The van der Waals surface area contributed by atoms with Crippen LogP contribution in [-0.2, 0) is 6.54 Å². The molecule has 0 spiro atoms. The number of nitrogens with zero attached hydrogens (tertiary/aromatic N) is 4. The lowest BCUT2D eigenvalue weighted by atomic mass is 10.1. The fourth-order valence-corrected chi connectivity index (χ4v) is 4.35. The molecule has 8 nitrogen and oxygen atoms in total. The summed E-state index contributed by atoms with van der Waals surface area (Å²) in [5.41, 5.74) is 1.13. The summed E-state index contributed by atoms with van der Waals surface area (Å²) in [6.45, 7) is 2.03. The second-order valence-electron chi connectivity index (χ2n) is 7.74. The van der Waals surface area contributed by atoms with E-state index < -0.39 is 6.04 Å². The molecule has 0 aliphatic rings. The summed E-state index contributed by atoms with van der Waals surface area (Å²) in [6, 6.07) is 13.4. The van der Waals surface area contributed by atoms with Crippen molar-refractivity contribution in [1.29, 1.82) is 0 Å². The van der Waals surface area contributed by atoms with Crippen LogP contribution in [0.3, 0.4) is 0 Å². The van der Waals surface area contributed by atoms with Gasteiger partial charge in [0, 0.05) is 17.3 Å². The van der Waals surface area contributed by atoms with Crippen molar-refractivity contribution in [2.24, 2.45) is 0 Å². The molecule has 34 heavy (non-hydrogen) atoms. The molecule has 5 rings (SSSR count). The Hall–Kier alpha value is -3.75. The summed E-state index contributed by atoms with van der Waals surface area (Å²) < 4.78 is 1.54. The van der Waals surface area contributed by atoms with Crippen LogP contribution in [0.1, 0.15) is 24.4 Å². The molecular weight excluding hydrogens is 475 g/mol. The minimum Gasteiger partial charge on any atom is -0.360 e. The van der Waals surface area contributed by atoms with Gasteiger partial charge in [0.25, 0.3) is 5.56 Å². The van der Waals surface area contributed by atoms with Gasteiger partial charge in [0.2, 0.25) is 0 Å². The van der Waals surface area contributed by atoms with Gasteiger partial charge in [0.05, 0.1) is 28.5 Å². The summed E-state index contributed by atoms with van der Waals surface area (Å²) >= 11 is 12.8. The van der Waals surface area contributed by atoms with Crippen LogP contribution < -0.4 is 16.3 Å². The van der Waals surface area contributed by atoms with Crippen molar-refractivity contribution in [2.45, 2.75) is 19.5 Å². The van der Waals surface area contributed by atoms with Crippen LogP contribution in [0, 0.1) is 0 Å². The van der Waals surface area contributed by atoms with Gasteiger partial charge in [0.1, 0.15) is 29.0 Å². The third-order valence-corrected chi connectivity index (χ3v) is 6.22. The van der Waals surface area contributed by atoms with Crippen molar-refractivity contribution in [3.63, 3.8) is 0 Å². The first kappa shape index (κ1) is 22.1. The number of fused-ring (bicyclic) bond motifs is 2. The van der Waals surface area contributed by atoms with E-state index >= 15 is 0 Å². The van der Waals surface area contributed by atoms with Crippen molar-refractivity contribution < 1.29 is 0 Å². The van der Waals surface area contributed by atoms with Gasteiger partial charge in [-0.05, 0) is 30.7 Å². The number of pyridine rings is 1. The average molecular weight is 493 g/mol. The van der Waals surface area contributed by atoms with E-state index in [0.29, 0.717) is 43.6 Å². The minimum absolute atomic E-state index is 0.194. The Bertz CT molecular complexity index is 1660. The van der Waals surface area contributed by atoms with Crippen LogP contribution in [0.15, 0.2) is 70.6 Å². The zero-order chi connectivity index (χ0) is 23.8. The summed E-state index contributed by atoms with van der Waals surface area (Å²) in [4.78, 5) is 42.2. The maximum Gasteiger partial charge on any atom is 0.263 e. The van der Waals surface area contributed by atoms with Gasteiger partial charge in [-0.2, -0.15) is 0 Å². The van der Waals surface area contributed by atoms with E-state index in [4.69, 9.17) is 28.2 Å². The van der Waals surface area contributed by atoms with Gasteiger partial charge in [0.15, 0.2) is 5.43 Å². The Morgan fingerprint density at radius 2 is 1.79 bits per heavy atom. The Morgan fingerprint density at radius 3 is 2.62 bits per heavy atom. The topological polar surface area (TPSA) is 106 Å². The maximum absolute atomic E-state index is 13.6. The number of benzene rings is 2. The van der Waals surface area contributed by atoms with Crippen LogP contribution in [0.4, 0.5) is 5.82 Å². The summed E-state index contributed by atoms with van der Waals surface area (Å²) in [5.74, 6) is 0.780. The highest BCUT2D eigenvalue weighted by atomic mass is 35.5. The van der Waals surface area contributed by atoms with E-state index in [1.807, 2.05) is 25.1 Å². The normalized spacial score (nSPS) is 12.2. The summed E-state index contributed by atoms with van der Waals surface area (Å²) in [6.07, 6.45) is 2.89. The van der Waals surface area contributed by atoms with Crippen molar-refractivity contribution in [1.82, 2.24) is 24.5 Å². The third kappa shape index (κ3) is 3.91. The maximum atomic E-state index is 13.6. The van der Waals surface area contributed by atoms with Gasteiger partial charge in [-0.15, -0.1) is 0 Å². The first-order chi connectivity index (χ1) is 16.4. The van der Waals surface area contributed by atoms with Crippen molar-refractivity contribution in [2.75, 3.05) is 5.32 Å². The summed E-state index contributed by atoms with van der Waals surface area (Å²) in [7, 11) is 0. The van der Waals surface area contributed by atoms with Crippen LogP contribution in [0.2, 0.25) is 10.0 Å². The Kier molecular flexibility index (Phi) is 5.77. The second-order valence-corrected chi connectivity index (χ2v) is 8.55. The number of nitrogens with one attached hydrogen (secondary N) is 2. The number of anilines is 1. The first-order valence-corrected chi connectivity index (χ1v) is 11.2. The lowest BCUT2D eigenvalue weighted by Gasteiger charge is -2.21. The molecule has 0 saturated heterocycles. The van der Waals surface area contributed by atoms with E-state index in [0.717, 1.165) is 5.56 Å². The van der Waals surface area contributed by atoms with E-state index in [-0.39, 0.29) is 17.5 Å². The zero-order valence-corrected chi connectivity index (χ0v) is 19.4. The van der Waals surface area contributed by atoms with Crippen LogP contribution >= 0.6 is 23.2 Å². The Morgan fingerprint density at radius 1 is 1.00 bits per heavy atom. The predicted octanol–water partition coefficient (Wildman–Crippen LogP) is 4.56. The van der Waals surface area contributed by atoms with Gasteiger partial charge >= 0.3 is 0 Å². The van der Waals surface area contributed by atoms with Crippen LogP contribution in [0.5, 0.6) is 0 Å². The van der Waals surface area contributed by atoms with Gasteiger partial charge in [-0.3, -0.25) is 14.2 Å². The molecule has 0 amide bonds. The molecule has 2 aromatic carbocycles. The number of hydrogen-bond acceptors (Lipinski definition) is 6. The molecule has 5 aromatic rings. The van der Waals surface area contributed by atoms with Gasteiger partial charge in [-0.1, -0.05) is 47.5 Å². The van der Waals surface area contributed by atoms with Gasteiger partial charge < -0.3 is 10.3 Å². The van der Waals surface area contributed by atoms with E-state index in [2.05, 4.69) is 20.3 Å². The van der Waals surface area contributed by atoms with Crippen molar-refractivity contribution in [3.8, 4) is 0 Å². The van der Waals surface area contributed by atoms with E-state index in [1.165, 1.54) is 18.6 Å². The molecule has 10 heteroatoms. The van der Waals surface area contributed by atoms with E-state index in [9.17, 15) is 9.59 Å². The van der Waals surface area contributed by atoms with Crippen molar-refractivity contribution >= 4 is 51.0 Å². The second kappa shape index (κ2) is 8.89. The number of hydrogen-bond donors (Lipinski definition) is 2. The molecule has 0 saturated carbocycles. The smallest absolute Gasteiger partial charge is 0.263 e. The highest BCUT2D eigenvalue weighted by Gasteiger charge is 2.20. The predicted molar refractivity (Wildman–Crippen MR) is 134 cm³/mol. The molecule has 3 heterocycles. The van der Waals surface area contributed by atoms with Gasteiger partial charge in [-0.25, -0.2) is 15.0 Å². The minimum atomic E-state index is -0.503. The molecule has 1 unspecified atom stereocenters. The van der Waals surface area contributed by atoms with E-state index in [1.54, 1.807) is 28.8 Å². The molecule has 2 N–H and O–H groups in total. The summed E-state index contributed by atoms with van der Waals surface area (Å²) in [5, 5.41) is 4.74. The molecule has 0 aliphatic carbocycles. The molecule has 0 fully saturated rings. The molecular formula is C24H18Cl2N6O2. The number of halogens is 2. The molecule has 0 radical (unpaired) electrons. The Balaban J connectivity index is 1.67. The first-order valence-electron chi connectivity index (χ1n) is 10.5. The van der Waals surface area contributed by atoms with Crippen LogP contribution in [0.25, 0.3) is 21.9 Å². The number of H-pyrrole nitrogens is 1. The number of rotatable bonds is 5. The Labute approximate surface area is 203 Å². The SMILES string of the molecule is CC(Nc1ncnc2[nH]ccc(=O)c12)c1nc2cccc(Cl)c2c(=O)n1Cc1ccccc1Cl. The highest BCUT2D eigenvalue weighted by molar-refractivity contribution is 6.35. The van der Waals surface area contributed by atoms with Crippen molar-refractivity contribution in [3.05, 3.63) is 103 Å². The molecule has 3 aromatic heterocycles. The molecule has 170 valence electrons. The lowest BCUT2D eigenvalue weighted by Crippen LogP contribution is -2.29. The number of aromatic amines is 1. The quantitative estimate of drug-likeness (QED) is 0.372. The fraction of sp³-hybridized carbons (Fsp3) is 0.125. The highest BCUT2D eigenvalue weighted by Crippen LogP contribution is 2.25. The third-order valence-electron chi connectivity index (χ3n) is 5.54.